The van der Waals surface area contributed by atoms with Crippen LogP contribution in [0.5, 0.6) is 0 Å². The number of hydrogen-bond acceptors (Lipinski definition) is 6. The van der Waals surface area contributed by atoms with Gasteiger partial charge in [-0.25, -0.2) is 13.4 Å². The number of benzene rings is 2. The molecule has 0 saturated carbocycles. The number of nitrogens with two attached hydrogens (primary N) is 1. The van der Waals surface area contributed by atoms with Gasteiger partial charge in [-0.3, -0.25) is 0 Å². The molecule has 0 aliphatic carbocycles. The van der Waals surface area contributed by atoms with E-state index in [1.807, 2.05) is 30.3 Å². The van der Waals surface area contributed by atoms with Crippen LogP contribution in [0, 0.1) is 6.92 Å². The van der Waals surface area contributed by atoms with E-state index in [2.05, 4.69) is 23.2 Å². The maximum Gasteiger partial charge on any atom is 0.183 e. The predicted octanol–water partition coefficient (Wildman–Crippen LogP) is 3.10. The molecular formula is C22H26N4O2S. The van der Waals surface area contributed by atoms with Crippen LogP contribution in [0.25, 0.3) is 10.9 Å². The molecule has 0 spiro atoms. The van der Waals surface area contributed by atoms with E-state index < -0.39 is 15.1 Å². The quantitative estimate of drug-likeness (QED) is 0.687. The van der Waals surface area contributed by atoms with Crippen molar-refractivity contribution in [1.82, 2.24) is 4.98 Å². The van der Waals surface area contributed by atoms with Crippen molar-refractivity contribution in [3.8, 4) is 0 Å². The Bertz CT molecular complexity index is 1160. The number of nitrogens with one attached hydrogen (secondary N) is 1. The van der Waals surface area contributed by atoms with Gasteiger partial charge in [0, 0.05) is 43.3 Å². The molecule has 6 nitrogen and oxygen atoms in total. The summed E-state index contributed by atoms with van der Waals surface area (Å²) in [5.74, 6) is 0.764. The van der Waals surface area contributed by atoms with Crippen molar-refractivity contribution >= 4 is 32.2 Å². The number of nitrogens with zero attached hydrogens (tertiary/aromatic N) is 2. The smallest absolute Gasteiger partial charge is 0.183 e. The van der Waals surface area contributed by atoms with E-state index >= 15 is 0 Å². The highest BCUT2D eigenvalue weighted by atomic mass is 32.2. The Balaban J connectivity index is 1.83. The van der Waals surface area contributed by atoms with Crippen LogP contribution in [-0.2, 0) is 16.4 Å². The molecule has 3 N–H and O–H groups in total. The first kappa shape index (κ1) is 19.7. The number of hydrogen-bond donors (Lipinski definition) is 2. The number of fused-ring (bicyclic) bond motifs is 2. The maximum absolute atomic E-state index is 13.0. The van der Waals surface area contributed by atoms with Gasteiger partial charge in [0.1, 0.15) is 5.82 Å². The molecule has 0 bridgehead atoms. The third-order valence-electron chi connectivity index (χ3n) is 5.38. The summed E-state index contributed by atoms with van der Waals surface area (Å²) in [7, 11) is -3.37. The number of rotatable bonds is 4. The van der Waals surface area contributed by atoms with Gasteiger partial charge in [0.15, 0.2) is 9.84 Å². The van der Waals surface area contributed by atoms with Gasteiger partial charge in [0.25, 0.3) is 0 Å². The van der Waals surface area contributed by atoms with E-state index in [0.717, 1.165) is 33.5 Å². The standard InChI is InChI=1S/C22H26N4O2S/c1-15-7-8-19-18(11-15)20(24-10-9-23)12-22(25-19)26-13-16(2)29(27,28)21-6-4-3-5-17(21)14-26/h3-8,11-12,16H,9-10,13-14,23H2,1-2H3,(H,24,25). The van der Waals surface area contributed by atoms with E-state index in [1.54, 1.807) is 19.1 Å². The lowest BCUT2D eigenvalue weighted by Crippen LogP contribution is -2.32. The van der Waals surface area contributed by atoms with Crippen LogP contribution in [0.1, 0.15) is 18.1 Å². The Morgan fingerprint density at radius 3 is 2.79 bits per heavy atom. The molecule has 0 saturated heterocycles. The molecule has 1 aliphatic rings. The number of sulfone groups is 1. The van der Waals surface area contributed by atoms with Crippen molar-refractivity contribution in [3.05, 3.63) is 59.7 Å². The first-order valence-corrected chi connectivity index (χ1v) is 11.4. The van der Waals surface area contributed by atoms with Crippen LogP contribution in [0.4, 0.5) is 11.5 Å². The first-order valence-electron chi connectivity index (χ1n) is 9.82. The predicted molar refractivity (Wildman–Crippen MR) is 118 cm³/mol. The molecule has 0 amide bonds. The molecule has 152 valence electrons. The minimum atomic E-state index is -3.37. The van der Waals surface area contributed by atoms with Crippen LogP contribution < -0.4 is 16.0 Å². The summed E-state index contributed by atoms with van der Waals surface area (Å²) in [4.78, 5) is 7.35. The van der Waals surface area contributed by atoms with Gasteiger partial charge in [0.2, 0.25) is 0 Å². The largest absolute Gasteiger partial charge is 0.383 e. The Labute approximate surface area is 171 Å². The van der Waals surface area contributed by atoms with Gasteiger partial charge in [-0.15, -0.1) is 0 Å². The Morgan fingerprint density at radius 1 is 1.21 bits per heavy atom. The maximum atomic E-state index is 13.0. The zero-order valence-corrected chi connectivity index (χ0v) is 17.5. The second-order valence-corrected chi connectivity index (χ2v) is 9.94. The summed E-state index contributed by atoms with van der Waals surface area (Å²) in [6, 6.07) is 15.4. The van der Waals surface area contributed by atoms with Crippen LogP contribution in [0.3, 0.4) is 0 Å². The van der Waals surface area contributed by atoms with Crippen LogP contribution in [0.2, 0.25) is 0 Å². The highest BCUT2D eigenvalue weighted by Gasteiger charge is 2.32. The molecule has 0 radical (unpaired) electrons. The summed E-state index contributed by atoms with van der Waals surface area (Å²) in [5, 5.41) is 3.91. The summed E-state index contributed by atoms with van der Waals surface area (Å²) in [5.41, 5.74) is 9.50. The minimum Gasteiger partial charge on any atom is -0.383 e. The number of aromatic nitrogens is 1. The van der Waals surface area contributed by atoms with Crippen molar-refractivity contribution < 1.29 is 8.42 Å². The summed E-state index contributed by atoms with van der Waals surface area (Å²) in [6.07, 6.45) is 0. The molecule has 3 aromatic rings. The molecule has 29 heavy (non-hydrogen) atoms. The van der Waals surface area contributed by atoms with E-state index in [-0.39, 0.29) is 0 Å². The molecule has 7 heteroatoms. The molecule has 1 unspecified atom stereocenters. The summed E-state index contributed by atoms with van der Waals surface area (Å²) in [6.45, 7) is 5.89. The van der Waals surface area contributed by atoms with Gasteiger partial charge >= 0.3 is 0 Å². The summed E-state index contributed by atoms with van der Waals surface area (Å²) < 4.78 is 26.0. The zero-order valence-electron chi connectivity index (χ0n) is 16.7. The van der Waals surface area contributed by atoms with Crippen molar-refractivity contribution in [3.63, 3.8) is 0 Å². The van der Waals surface area contributed by atoms with Crippen molar-refractivity contribution in [2.45, 2.75) is 30.5 Å². The fraction of sp³-hybridized carbons (Fsp3) is 0.318. The van der Waals surface area contributed by atoms with Crippen molar-refractivity contribution in [2.75, 3.05) is 29.9 Å². The second kappa shape index (κ2) is 7.65. The summed E-state index contributed by atoms with van der Waals surface area (Å²) >= 11 is 0. The molecule has 2 heterocycles. The number of pyridine rings is 1. The van der Waals surface area contributed by atoms with E-state index in [0.29, 0.717) is 31.1 Å². The van der Waals surface area contributed by atoms with Gasteiger partial charge in [-0.2, -0.15) is 0 Å². The lowest BCUT2D eigenvalue weighted by Gasteiger charge is -2.25. The zero-order chi connectivity index (χ0) is 20.6. The fourth-order valence-electron chi connectivity index (χ4n) is 3.82. The van der Waals surface area contributed by atoms with Gasteiger partial charge in [0.05, 0.1) is 15.7 Å². The van der Waals surface area contributed by atoms with Crippen LogP contribution in [-0.4, -0.2) is 38.3 Å². The van der Waals surface area contributed by atoms with Gasteiger partial charge in [-0.1, -0.05) is 29.8 Å². The van der Waals surface area contributed by atoms with Crippen molar-refractivity contribution in [2.24, 2.45) is 5.73 Å². The SMILES string of the molecule is Cc1ccc2nc(N3Cc4ccccc4S(=O)(=O)C(C)C3)cc(NCCN)c2c1. The molecule has 0 fully saturated rings. The lowest BCUT2D eigenvalue weighted by molar-refractivity contribution is 0.584. The first-order chi connectivity index (χ1) is 13.9. The van der Waals surface area contributed by atoms with Crippen LogP contribution in [0.15, 0.2) is 53.4 Å². The topological polar surface area (TPSA) is 88.3 Å². The van der Waals surface area contributed by atoms with E-state index in [4.69, 9.17) is 10.7 Å². The second-order valence-electron chi connectivity index (χ2n) is 7.61. The normalized spacial score (nSPS) is 18.3. The molecule has 2 aromatic carbocycles. The Hall–Kier alpha value is -2.64. The molecule has 1 aromatic heterocycles. The third kappa shape index (κ3) is 3.68. The average Bonchev–Trinajstić information content (AvgIpc) is 2.81. The third-order valence-corrected chi connectivity index (χ3v) is 7.60. The van der Waals surface area contributed by atoms with E-state index in [1.165, 1.54) is 0 Å². The average molecular weight is 411 g/mol. The molecule has 1 atom stereocenters. The Morgan fingerprint density at radius 2 is 2.00 bits per heavy atom. The number of anilines is 2. The monoisotopic (exact) mass is 410 g/mol. The molecular weight excluding hydrogens is 384 g/mol. The highest BCUT2D eigenvalue weighted by molar-refractivity contribution is 7.92. The molecule has 4 rings (SSSR count). The van der Waals surface area contributed by atoms with Gasteiger partial charge in [-0.05, 0) is 37.6 Å². The van der Waals surface area contributed by atoms with Gasteiger partial charge < -0.3 is 16.0 Å². The van der Waals surface area contributed by atoms with Crippen molar-refractivity contribution in [1.29, 1.82) is 0 Å². The molecule has 1 aliphatic heterocycles. The van der Waals surface area contributed by atoms with Crippen LogP contribution >= 0.6 is 0 Å². The minimum absolute atomic E-state index is 0.387. The number of aryl methyl sites for hydroxylation is 1. The Kier molecular flexibility index (Phi) is 5.19. The van der Waals surface area contributed by atoms with E-state index in [9.17, 15) is 8.42 Å². The highest BCUT2D eigenvalue weighted by Crippen LogP contribution is 2.32. The lowest BCUT2D eigenvalue weighted by atomic mass is 10.1. The fourth-order valence-corrected chi connectivity index (χ4v) is 5.40.